The topological polar surface area (TPSA) is 145 Å². The number of pyridine rings is 1. The van der Waals surface area contributed by atoms with Crippen molar-refractivity contribution in [3.63, 3.8) is 0 Å². The van der Waals surface area contributed by atoms with Crippen molar-refractivity contribution in [3.05, 3.63) is 42.6 Å². The third kappa shape index (κ3) is 3.68. The molecule has 0 unspecified atom stereocenters. The molecule has 1 aromatic heterocycles. The first kappa shape index (κ1) is 15.2. The van der Waals surface area contributed by atoms with Gasteiger partial charge in [0.2, 0.25) is 10.0 Å². The van der Waals surface area contributed by atoms with Gasteiger partial charge in [-0.3, -0.25) is 4.72 Å². The van der Waals surface area contributed by atoms with Gasteiger partial charge in [0.05, 0.1) is 15.5 Å². The predicted molar refractivity (Wildman–Crippen MR) is 77.3 cm³/mol. The summed E-state index contributed by atoms with van der Waals surface area (Å²) in [5, 5.41) is 4.99. The fraction of sp³-hybridized carbons (Fsp3) is 0. The van der Waals surface area contributed by atoms with Crippen molar-refractivity contribution in [1.82, 2.24) is 4.98 Å². The Morgan fingerprint density at radius 1 is 1.00 bits per heavy atom. The number of anilines is 2. The highest BCUT2D eigenvalue weighted by molar-refractivity contribution is 7.92. The van der Waals surface area contributed by atoms with E-state index in [9.17, 15) is 16.8 Å². The maximum Gasteiger partial charge on any atom is 0.262 e. The molecule has 0 fully saturated rings. The Labute approximate surface area is 121 Å². The molecule has 112 valence electrons. The molecule has 0 aliphatic heterocycles. The number of aromatic nitrogens is 1. The highest BCUT2D eigenvalue weighted by atomic mass is 32.2. The summed E-state index contributed by atoms with van der Waals surface area (Å²) in [7, 11) is -7.82. The van der Waals surface area contributed by atoms with E-state index in [4.69, 9.17) is 10.9 Å². The molecule has 0 spiro atoms. The summed E-state index contributed by atoms with van der Waals surface area (Å²) in [6.07, 6.45) is 1.25. The van der Waals surface area contributed by atoms with Crippen LogP contribution in [0, 0.1) is 0 Å². The van der Waals surface area contributed by atoms with Gasteiger partial charge in [-0.2, -0.15) is 0 Å². The normalized spacial score (nSPS) is 12.0. The molecule has 0 radical (unpaired) electrons. The summed E-state index contributed by atoms with van der Waals surface area (Å²) in [5.74, 6) is 0.0520. The lowest BCUT2D eigenvalue weighted by molar-refractivity contribution is 0.596. The zero-order valence-corrected chi connectivity index (χ0v) is 12.2. The molecule has 2 rings (SSSR count). The molecule has 1 heterocycles. The number of nitrogen functional groups attached to an aromatic ring is 1. The summed E-state index contributed by atoms with van der Waals surface area (Å²) in [6.45, 7) is 0. The van der Waals surface area contributed by atoms with Crippen molar-refractivity contribution in [2.75, 3.05) is 10.5 Å². The lowest BCUT2D eigenvalue weighted by Gasteiger charge is -2.09. The molecular formula is C11H12N4O4S2. The second-order valence-corrected chi connectivity index (χ2v) is 7.34. The van der Waals surface area contributed by atoms with Gasteiger partial charge in [0.25, 0.3) is 10.0 Å². The van der Waals surface area contributed by atoms with Gasteiger partial charge in [-0.25, -0.2) is 27.0 Å². The summed E-state index contributed by atoms with van der Waals surface area (Å²) < 4.78 is 49.0. The van der Waals surface area contributed by atoms with E-state index in [1.807, 2.05) is 0 Å². The molecule has 0 saturated heterocycles. The third-order valence-corrected chi connectivity index (χ3v) is 4.77. The zero-order chi connectivity index (χ0) is 15.7. The van der Waals surface area contributed by atoms with E-state index in [0.29, 0.717) is 0 Å². The van der Waals surface area contributed by atoms with Crippen LogP contribution < -0.4 is 15.6 Å². The molecular weight excluding hydrogens is 316 g/mol. The molecule has 1 aromatic carbocycles. The first-order valence-electron chi connectivity index (χ1n) is 5.56. The van der Waals surface area contributed by atoms with Crippen LogP contribution in [0.3, 0.4) is 0 Å². The molecule has 21 heavy (non-hydrogen) atoms. The number of nitrogens with two attached hydrogens (primary N) is 2. The van der Waals surface area contributed by atoms with Gasteiger partial charge in [-0.15, -0.1) is 0 Å². The van der Waals surface area contributed by atoms with Gasteiger partial charge < -0.3 is 5.73 Å². The number of nitrogens with zero attached hydrogens (tertiary/aromatic N) is 1. The van der Waals surface area contributed by atoms with Crippen molar-refractivity contribution < 1.29 is 16.8 Å². The zero-order valence-electron chi connectivity index (χ0n) is 10.6. The van der Waals surface area contributed by atoms with Crippen molar-refractivity contribution in [2.24, 2.45) is 5.14 Å². The quantitative estimate of drug-likeness (QED) is 0.726. The minimum atomic E-state index is -3.92. The second kappa shape index (κ2) is 5.31. The Morgan fingerprint density at radius 2 is 1.71 bits per heavy atom. The highest BCUT2D eigenvalue weighted by Crippen LogP contribution is 2.19. The molecule has 2 aromatic rings. The predicted octanol–water partition coefficient (Wildman–Crippen LogP) is 0.112. The van der Waals surface area contributed by atoms with E-state index >= 15 is 0 Å². The molecule has 0 saturated carbocycles. The van der Waals surface area contributed by atoms with Crippen molar-refractivity contribution >= 4 is 31.6 Å². The van der Waals surface area contributed by atoms with Crippen LogP contribution in [0.2, 0.25) is 0 Å². The van der Waals surface area contributed by atoms with Gasteiger partial charge in [0.15, 0.2) is 0 Å². The monoisotopic (exact) mass is 328 g/mol. The number of primary sulfonamides is 1. The molecule has 0 aliphatic rings. The SMILES string of the molecule is Nc1cc(S(=O)(=O)Nc2cccc(S(N)(=O)=O)c2)ccn1. The maximum absolute atomic E-state index is 12.1. The van der Waals surface area contributed by atoms with E-state index in [2.05, 4.69) is 9.71 Å². The number of nitrogens with one attached hydrogen (secondary N) is 1. The molecule has 0 aliphatic carbocycles. The molecule has 10 heteroatoms. The van der Waals surface area contributed by atoms with Crippen LogP contribution in [0.4, 0.5) is 11.5 Å². The minimum absolute atomic E-state index is 0.0520. The van der Waals surface area contributed by atoms with Crippen molar-refractivity contribution in [2.45, 2.75) is 9.79 Å². The lowest BCUT2D eigenvalue weighted by atomic mass is 10.3. The number of hydrogen-bond acceptors (Lipinski definition) is 6. The molecule has 8 nitrogen and oxygen atoms in total. The largest absolute Gasteiger partial charge is 0.384 e. The fourth-order valence-electron chi connectivity index (χ4n) is 1.55. The molecule has 0 bridgehead atoms. The molecule has 0 atom stereocenters. The van der Waals surface area contributed by atoms with Crippen LogP contribution in [0.15, 0.2) is 52.4 Å². The van der Waals surface area contributed by atoms with E-state index < -0.39 is 20.0 Å². The van der Waals surface area contributed by atoms with Gasteiger partial charge in [-0.05, 0) is 24.3 Å². The van der Waals surface area contributed by atoms with Crippen LogP contribution in [0.1, 0.15) is 0 Å². The summed E-state index contributed by atoms with van der Waals surface area (Å²) in [5.41, 5.74) is 5.50. The van der Waals surface area contributed by atoms with Gasteiger partial charge in [-0.1, -0.05) is 6.07 Å². The lowest BCUT2D eigenvalue weighted by Crippen LogP contribution is -2.15. The summed E-state index contributed by atoms with van der Waals surface area (Å²) in [6, 6.07) is 7.61. The van der Waals surface area contributed by atoms with Crippen LogP contribution in [0.5, 0.6) is 0 Å². The number of rotatable bonds is 4. The van der Waals surface area contributed by atoms with E-state index in [1.54, 1.807) is 0 Å². The fourth-order valence-corrected chi connectivity index (χ4v) is 3.18. The highest BCUT2D eigenvalue weighted by Gasteiger charge is 2.16. The standard InChI is InChI=1S/C11H12N4O4S2/c12-11-7-10(4-5-14-11)21(18,19)15-8-2-1-3-9(6-8)20(13,16)17/h1-7,15H,(H2,12,14)(H2,13,16,17). The van der Waals surface area contributed by atoms with Gasteiger partial charge in [0, 0.05) is 12.3 Å². The van der Waals surface area contributed by atoms with Gasteiger partial charge in [0.1, 0.15) is 5.82 Å². The van der Waals surface area contributed by atoms with Gasteiger partial charge >= 0.3 is 0 Å². The van der Waals surface area contributed by atoms with E-state index in [1.165, 1.54) is 36.5 Å². The van der Waals surface area contributed by atoms with E-state index in [0.717, 1.165) is 6.07 Å². The van der Waals surface area contributed by atoms with Crippen LogP contribution in [-0.2, 0) is 20.0 Å². The third-order valence-electron chi connectivity index (χ3n) is 2.48. The van der Waals surface area contributed by atoms with Crippen molar-refractivity contribution in [1.29, 1.82) is 0 Å². The smallest absolute Gasteiger partial charge is 0.262 e. The Kier molecular flexibility index (Phi) is 3.85. The van der Waals surface area contributed by atoms with E-state index in [-0.39, 0.29) is 21.3 Å². The van der Waals surface area contributed by atoms with Crippen LogP contribution >= 0.6 is 0 Å². The number of benzene rings is 1. The van der Waals surface area contributed by atoms with Crippen LogP contribution in [-0.4, -0.2) is 21.8 Å². The Morgan fingerprint density at radius 3 is 2.33 bits per heavy atom. The Balaban J connectivity index is 2.38. The maximum atomic E-state index is 12.1. The summed E-state index contributed by atoms with van der Waals surface area (Å²) >= 11 is 0. The second-order valence-electron chi connectivity index (χ2n) is 4.09. The molecule has 0 amide bonds. The average molecular weight is 328 g/mol. The molecule has 5 N–H and O–H groups in total. The van der Waals surface area contributed by atoms with Crippen LogP contribution in [0.25, 0.3) is 0 Å². The summed E-state index contributed by atoms with van der Waals surface area (Å²) in [4.78, 5) is 3.41. The number of sulfonamides is 2. The average Bonchev–Trinajstić information content (AvgIpc) is 2.37. The Bertz CT molecular complexity index is 879. The Hall–Kier alpha value is -2.17. The first-order valence-corrected chi connectivity index (χ1v) is 8.59. The minimum Gasteiger partial charge on any atom is -0.384 e. The first-order chi connectivity index (χ1) is 9.68. The van der Waals surface area contributed by atoms with Crippen molar-refractivity contribution in [3.8, 4) is 0 Å². The number of hydrogen-bond donors (Lipinski definition) is 3.